The normalized spacial score (nSPS) is 13.4. The third-order valence-electron chi connectivity index (χ3n) is 2.62. The third-order valence-corrected chi connectivity index (χ3v) is 4.31. The lowest BCUT2D eigenvalue weighted by molar-refractivity contribution is 0.0916. The van der Waals surface area contributed by atoms with Gasteiger partial charge in [-0.1, -0.05) is 0 Å². The summed E-state index contributed by atoms with van der Waals surface area (Å²) in [5.41, 5.74) is 0. The van der Waals surface area contributed by atoms with E-state index in [-0.39, 0.29) is 10.9 Å². The molecule has 8 heteroatoms. The van der Waals surface area contributed by atoms with Crippen LogP contribution in [-0.2, 0) is 10.0 Å². The third kappa shape index (κ3) is 4.32. The molecule has 0 aromatic carbocycles. The number of hydrogen-bond donors (Lipinski definition) is 2. The highest BCUT2D eigenvalue weighted by Crippen LogP contribution is 2.16. The quantitative estimate of drug-likeness (QED) is 0.711. The van der Waals surface area contributed by atoms with Gasteiger partial charge >= 0.3 is 0 Å². The van der Waals surface area contributed by atoms with Gasteiger partial charge in [0.2, 0.25) is 5.09 Å². The van der Waals surface area contributed by atoms with Crippen LogP contribution < -0.4 is 5.32 Å². The van der Waals surface area contributed by atoms with E-state index in [1.165, 1.54) is 26.2 Å². The maximum atomic E-state index is 11.8. The van der Waals surface area contributed by atoms with E-state index in [0.717, 1.165) is 4.31 Å². The number of aliphatic hydroxyl groups is 1. The van der Waals surface area contributed by atoms with Crippen molar-refractivity contribution < 1.29 is 22.7 Å². The molecule has 1 aromatic rings. The van der Waals surface area contributed by atoms with Gasteiger partial charge in [0.25, 0.3) is 15.9 Å². The summed E-state index contributed by atoms with van der Waals surface area (Å²) in [5, 5.41) is 11.4. The molecule has 1 atom stereocenters. The Balaban J connectivity index is 2.61. The minimum absolute atomic E-state index is 0.0533. The zero-order chi connectivity index (χ0) is 15.3. The van der Waals surface area contributed by atoms with Crippen molar-refractivity contribution in [3.8, 4) is 0 Å². The molecule has 0 aliphatic heterocycles. The molecule has 0 aliphatic rings. The van der Waals surface area contributed by atoms with Gasteiger partial charge in [-0.2, -0.15) is 0 Å². The molecule has 1 amide bonds. The lowest BCUT2D eigenvalue weighted by Gasteiger charge is -2.08. The van der Waals surface area contributed by atoms with E-state index in [0.29, 0.717) is 19.4 Å². The van der Waals surface area contributed by atoms with Crippen LogP contribution in [0.15, 0.2) is 21.6 Å². The second kappa shape index (κ2) is 6.87. The summed E-state index contributed by atoms with van der Waals surface area (Å²) in [4.78, 5) is 11.7. The first-order valence-corrected chi connectivity index (χ1v) is 7.67. The Hall–Kier alpha value is -1.38. The molecule has 1 heterocycles. The van der Waals surface area contributed by atoms with E-state index < -0.39 is 22.0 Å². The molecule has 1 unspecified atom stereocenters. The van der Waals surface area contributed by atoms with E-state index in [1.807, 2.05) is 0 Å². The molecule has 0 fully saturated rings. The minimum atomic E-state index is -3.67. The van der Waals surface area contributed by atoms with Crippen molar-refractivity contribution in [1.82, 2.24) is 9.62 Å². The second-order valence-electron chi connectivity index (χ2n) is 4.65. The summed E-state index contributed by atoms with van der Waals surface area (Å²) >= 11 is 0. The molecule has 7 nitrogen and oxygen atoms in total. The smallest absolute Gasteiger partial charge is 0.287 e. The van der Waals surface area contributed by atoms with Crippen molar-refractivity contribution in [1.29, 1.82) is 0 Å². The molecule has 114 valence electrons. The average molecular weight is 304 g/mol. The molecule has 1 aromatic heterocycles. The van der Waals surface area contributed by atoms with Crippen molar-refractivity contribution in [3.63, 3.8) is 0 Å². The number of amides is 1. The fraction of sp³-hybridized carbons (Fsp3) is 0.583. The minimum Gasteiger partial charge on any atom is -0.438 e. The van der Waals surface area contributed by atoms with E-state index in [4.69, 9.17) is 9.52 Å². The average Bonchev–Trinajstić information content (AvgIpc) is 2.84. The Morgan fingerprint density at radius 2 is 2.10 bits per heavy atom. The van der Waals surface area contributed by atoms with Gasteiger partial charge in [0.05, 0.1) is 6.10 Å². The van der Waals surface area contributed by atoms with Crippen molar-refractivity contribution >= 4 is 15.9 Å². The van der Waals surface area contributed by atoms with Crippen molar-refractivity contribution in [2.24, 2.45) is 0 Å². The maximum Gasteiger partial charge on any atom is 0.287 e. The monoisotopic (exact) mass is 304 g/mol. The molecular formula is C12H20N2O5S. The van der Waals surface area contributed by atoms with Crippen molar-refractivity contribution in [2.45, 2.75) is 31.0 Å². The Bertz CT molecular complexity index is 548. The molecule has 20 heavy (non-hydrogen) atoms. The summed E-state index contributed by atoms with van der Waals surface area (Å²) in [7, 11) is -0.907. The van der Waals surface area contributed by atoms with E-state index in [9.17, 15) is 13.2 Å². The van der Waals surface area contributed by atoms with E-state index in [2.05, 4.69) is 5.32 Å². The van der Waals surface area contributed by atoms with Gasteiger partial charge in [-0.05, 0) is 31.9 Å². The Kier molecular flexibility index (Phi) is 5.73. The molecule has 0 aliphatic carbocycles. The molecule has 0 bridgehead atoms. The highest BCUT2D eigenvalue weighted by Gasteiger charge is 2.23. The molecule has 0 spiro atoms. The van der Waals surface area contributed by atoms with Crippen LogP contribution in [0.4, 0.5) is 0 Å². The van der Waals surface area contributed by atoms with E-state index >= 15 is 0 Å². The highest BCUT2D eigenvalue weighted by atomic mass is 32.2. The Morgan fingerprint density at radius 3 is 2.65 bits per heavy atom. The van der Waals surface area contributed by atoms with Gasteiger partial charge in [-0.15, -0.1) is 0 Å². The topological polar surface area (TPSA) is 99.8 Å². The van der Waals surface area contributed by atoms with Gasteiger partial charge in [0, 0.05) is 20.6 Å². The molecular weight excluding hydrogens is 284 g/mol. The first-order chi connectivity index (χ1) is 9.25. The van der Waals surface area contributed by atoms with Gasteiger partial charge in [0.1, 0.15) is 0 Å². The number of sulfonamides is 1. The Morgan fingerprint density at radius 1 is 1.45 bits per heavy atom. The lowest BCUT2D eigenvalue weighted by Crippen LogP contribution is -2.25. The van der Waals surface area contributed by atoms with Gasteiger partial charge in [-0.3, -0.25) is 4.79 Å². The number of nitrogens with zero attached hydrogens (tertiary/aromatic N) is 1. The fourth-order valence-corrected chi connectivity index (χ4v) is 2.24. The SMILES string of the molecule is CC(O)CCCNC(=O)c1ccc(S(=O)(=O)N(C)C)o1. The van der Waals surface area contributed by atoms with Crippen LogP contribution in [0.1, 0.15) is 30.3 Å². The number of rotatable bonds is 7. The number of furan rings is 1. The first-order valence-electron chi connectivity index (χ1n) is 6.23. The number of hydrogen-bond acceptors (Lipinski definition) is 5. The number of carbonyl (C=O) groups is 1. The van der Waals surface area contributed by atoms with Crippen LogP contribution in [-0.4, -0.2) is 50.5 Å². The second-order valence-corrected chi connectivity index (χ2v) is 6.74. The zero-order valence-corrected chi connectivity index (χ0v) is 12.6. The van der Waals surface area contributed by atoms with Crippen LogP contribution in [0, 0.1) is 0 Å². The molecule has 0 saturated heterocycles. The summed E-state index contributed by atoms with van der Waals surface area (Å²) in [6.07, 6.45) is 0.804. The first kappa shape index (κ1) is 16.7. The standard InChI is InChI=1S/C12H20N2O5S/c1-9(15)5-4-8-13-12(16)10-6-7-11(19-10)20(17,18)14(2)3/h6-7,9,15H,4-5,8H2,1-3H3,(H,13,16). The van der Waals surface area contributed by atoms with Crippen LogP contribution >= 0.6 is 0 Å². The van der Waals surface area contributed by atoms with E-state index in [1.54, 1.807) is 6.92 Å². The Labute approximate surface area is 118 Å². The van der Waals surface area contributed by atoms with Gasteiger partial charge in [0.15, 0.2) is 5.76 Å². The van der Waals surface area contributed by atoms with Crippen LogP contribution in [0.3, 0.4) is 0 Å². The molecule has 0 radical (unpaired) electrons. The summed E-state index contributed by atoms with van der Waals surface area (Å²) in [5.74, 6) is -0.529. The largest absolute Gasteiger partial charge is 0.438 e. The summed E-state index contributed by atoms with van der Waals surface area (Å²) in [6.45, 7) is 2.06. The number of carbonyl (C=O) groups excluding carboxylic acids is 1. The van der Waals surface area contributed by atoms with Crippen molar-refractivity contribution in [2.75, 3.05) is 20.6 Å². The molecule has 2 N–H and O–H groups in total. The van der Waals surface area contributed by atoms with Crippen LogP contribution in [0.25, 0.3) is 0 Å². The van der Waals surface area contributed by atoms with Crippen molar-refractivity contribution in [3.05, 3.63) is 17.9 Å². The number of aliphatic hydroxyl groups excluding tert-OH is 1. The van der Waals surface area contributed by atoms with Gasteiger partial charge in [-0.25, -0.2) is 12.7 Å². The maximum absolute atomic E-state index is 11.8. The summed E-state index contributed by atoms with van der Waals surface area (Å²) in [6, 6.07) is 2.57. The zero-order valence-electron chi connectivity index (χ0n) is 11.8. The highest BCUT2D eigenvalue weighted by molar-refractivity contribution is 7.88. The lowest BCUT2D eigenvalue weighted by atomic mass is 10.2. The predicted molar refractivity (Wildman–Crippen MR) is 72.8 cm³/mol. The van der Waals surface area contributed by atoms with Gasteiger partial charge < -0.3 is 14.8 Å². The summed E-state index contributed by atoms with van der Waals surface area (Å²) < 4.78 is 29.6. The number of nitrogens with one attached hydrogen (secondary N) is 1. The molecule has 1 rings (SSSR count). The fourth-order valence-electron chi connectivity index (χ4n) is 1.45. The molecule has 0 saturated carbocycles. The van der Waals surface area contributed by atoms with Crippen LogP contribution in [0.2, 0.25) is 0 Å². The predicted octanol–water partition coefficient (Wildman–Crippen LogP) is 0.421. The van der Waals surface area contributed by atoms with Crippen LogP contribution in [0.5, 0.6) is 0 Å².